The van der Waals surface area contributed by atoms with Crippen LogP contribution in [-0.4, -0.2) is 21.1 Å². The third-order valence-corrected chi connectivity index (χ3v) is 5.31. The summed E-state index contributed by atoms with van der Waals surface area (Å²) in [7, 11) is 0. The number of anilines is 1. The molecule has 4 rings (SSSR count). The Morgan fingerprint density at radius 3 is 2.74 bits per heavy atom. The van der Waals surface area contributed by atoms with Gasteiger partial charge in [0.1, 0.15) is 23.6 Å². The van der Waals surface area contributed by atoms with Gasteiger partial charge in [-0.3, -0.25) is 0 Å². The average molecular weight is 381 g/mol. The monoisotopic (exact) mass is 380 g/mol. The van der Waals surface area contributed by atoms with Crippen molar-refractivity contribution >= 4 is 28.5 Å². The predicted molar refractivity (Wildman–Crippen MR) is 108 cm³/mol. The summed E-state index contributed by atoms with van der Waals surface area (Å²) in [5, 5.41) is 5.31. The molecule has 27 heavy (non-hydrogen) atoms. The minimum Gasteiger partial charge on any atom is -0.467 e. The van der Waals surface area contributed by atoms with Crippen LogP contribution < -0.4 is 5.32 Å². The quantitative estimate of drug-likeness (QED) is 0.511. The highest BCUT2D eigenvalue weighted by Crippen LogP contribution is 2.29. The lowest BCUT2D eigenvalue weighted by Gasteiger charge is -2.09. The largest absolute Gasteiger partial charge is 0.467 e. The summed E-state index contributed by atoms with van der Waals surface area (Å²) < 4.78 is 7.68. The van der Waals surface area contributed by atoms with Gasteiger partial charge in [-0.15, -0.1) is 0 Å². The van der Waals surface area contributed by atoms with Gasteiger partial charge in [-0.2, -0.15) is 0 Å². The van der Waals surface area contributed by atoms with Gasteiger partial charge in [-0.25, -0.2) is 9.97 Å². The van der Waals surface area contributed by atoms with Gasteiger partial charge in [-0.1, -0.05) is 29.8 Å². The van der Waals surface area contributed by atoms with Crippen LogP contribution in [-0.2, 0) is 13.0 Å². The van der Waals surface area contributed by atoms with Gasteiger partial charge < -0.3 is 14.3 Å². The van der Waals surface area contributed by atoms with Crippen LogP contribution in [0.2, 0.25) is 5.02 Å². The third-order valence-electron chi connectivity index (χ3n) is 4.94. The summed E-state index contributed by atoms with van der Waals surface area (Å²) in [4.78, 5) is 9.01. The van der Waals surface area contributed by atoms with Crippen LogP contribution >= 0.6 is 11.6 Å². The maximum absolute atomic E-state index is 6.25. The van der Waals surface area contributed by atoms with E-state index in [0.717, 1.165) is 51.9 Å². The second-order valence-corrected chi connectivity index (χ2v) is 6.97. The molecule has 0 radical (unpaired) electrons. The van der Waals surface area contributed by atoms with Crippen LogP contribution in [0.25, 0.3) is 11.0 Å². The van der Waals surface area contributed by atoms with Gasteiger partial charge in [0.05, 0.1) is 18.2 Å². The highest BCUT2D eigenvalue weighted by Gasteiger charge is 2.17. The first kappa shape index (κ1) is 17.6. The van der Waals surface area contributed by atoms with Crippen molar-refractivity contribution in [2.24, 2.45) is 0 Å². The van der Waals surface area contributed by atoms with Crippen molar-refractivity contribution in [1.29, 1.82) is 0 Å². The van der Waals surface area contributed by atoms with Gasteiger partial charge in [0, 0.05) is 17.3 Å². The zero-order valence-electron chi connectivity index (χ0n) is 15.4. The summed E-state index contributed by atoms with van der Waals surface area (Å²) in [6.07, 6.45) is 4.13. The molecule has 4 aromatic rings. The van der Waals surface area contributed by atoms with Crippen LogP contribution in [0.3, 0.4) is 0 Å². The topological polar surface area (TPSA) is 55.9 Å². The van der Waals surface area contributed by atoms with E-state index in [-0.39, 0.29) is 0 Å². The molecule has 3 aromatic heterocycles. The fourth-order valence-electron chi connectivity index (χ4n) is 3.37. The molecular formula is C21H21ClN4O. The lowest BCUT2D eigenvalue weighted by molar-refractivity contribution is 0.494. The fraction of sp³-hybridized carbons (Fsp3) is 0.238. The number of hydrogen-bond donors (Lipinski definition) is 1. The number of furan rings is 1. The Labute approximate surface area is 163 Å². The van der Waals surface area contributed by atoms with Crippen molar-refractivity contribution in [2.75, 3.05) is 11.9 Å². The first-order valence-electron chi connectivity index (χ1n) is 8.95. The molecule has 138 valence electrons. The van der Waals surface area contributed by atoms with E-state index in [1.807, 2.05) is 30.3 Å². The summed E-state index contributed by atoms with van der Waals surface area (Å²) in [6.45, 7) is 5.61. The van der Waals surface area contributed by atoms with Gasteiger partial charge >= 0.3 is 0 Å². The van der Waals surface area contributed by atoms with E-state index in [1.165, 1.54) is 5.56 Å². The maximum atomic E-state index is 6.25. The Balaban J connectivity index is 1.61. The van der Waals surface area contributed by atoms with Gasteiger partial charge in [0.15, 0.2) is 0 Å². The van der Waals surface area contributed by atoms with E-state index >= 15 is 0 Å². The number of rotatable bonds is 6. The highest BCUT2D eigenvalue weighted by molar-refractivity contribution is 6.31. The molecule has 1 N–H and O–H groups in total. The lowest BCUT2D eigenvalue weighted by Crippen LogP contribution is -2.08. The molecule has 0 saturated heterocycles. The van der Waals surface area contributed by atoms with Crippen LogP contribution in [0.1, 0.15) is 22.6 Å². The molecular weight excluding hydrogens is 360 g/mol. The molecule has 1 aromatic carbocycles. The molecule has 6 heteroatoms. The summed E-state index contributed by atoms with van der Waals surface area (Å²) in [6, 6.07) is 11.8. The summed E-state index contributed by atoms with van der Waals surface area (Å²) in [5.41, 5.74) is 4.38. The zero-order chi connectivity index (χ0) is 18.8. The standard InChI is InChI=1S/C21H21ClN4O/c1-14-15(2)26(12-17-7-5-11-27-17)21-19(14)20(24-13-25-21)23-10-9-16-6-3-4-8-18(16)22/h3-8,11,13H,9-10,12H2,1-2H3,(H,23,24,25). The molecule has 0 saturated carbocycles. The zero-order valence-corrected chi connectivity index (χ0v) is 16.1. The fourth-order valence-corrected chi connectivity index (χ4v) is 3.60. The number of nitrogens with one attached hydrogen (secondary N) is 1. The number of nitrogens with zero attached hydrogens (tertiary/aromatic N) is 3. The molecule has 5 nitrogen and oxygen atoms in total. The second kappa shape index (κ2) is 7.45. The third kappa shape index (κ3) is 3.43. The molecule has 0 atom stereocenters. The Kier molecular flexibility index (Phi) is 4.86. The SMILES string of the molecule is Cc1c(C)n(Cc2ccco2)c2ncnc(NCCc3ccccc3Cl)c12. The van der Waals surface area contributed by atoms with Gasteiger partial charge in [0.2, 0.25) is 0 Å². The van der Waals surface area contributed by atoms with E-state index < -0.39 is 0 Å². The molecule has 0 aliphatic rings. The van der Waals surface area contributed by atoms with E-state index in [0.29, 0.717) is 6.54 Å². The smallest absolute Gasteiger partial charge is 0.146 e. The average Bonchev–Trinajstić information content (AvgIpc) is 3.27. The molecule has 0 aliphatic carbocycles. The van der Waals surface area contributed by atoms with Gasteiger partial charge in [-0.05, 0) is 49.6 Å². The number of benzene rings is 1. The van der Waals surface area contributed by atoms with Crippen molar-refractivity contribution in [1.82, 2.24) is 14.5 Å². The molecule has 0 unspecified atom stereocenters. The van der Waals surface area contributed by atoms with Crippen molar-refractivity contribution in [3.05, 3.63) is 76.6 Å². The molecule has 0 aliphatic heterocycles. The first-order chi connectivity index (χ1) is 13.1. The Morgan fingerprint density at radius 2 is 1.96 bits per heavy atom. The number of halogens is 1. The number of aromatic nitrogens is 3. The summed E-state index contributed by atoms with van der Waals surface area (Å²) in [5.74, 6) is 1.76. The van der Waals surface area contributed by atoms with Crippen molar-refractivity contribution < 1.29 is 4.42 Å². The molecule has 0 spiro atoms. The number of fused-ring (bicyclic) bond motifs is 1. The Bertz CT molecular complexity index is 1070. The Morgan fingerprint density at radius 1 is 1.11 bits per heavy atom. The van der Waals surface area contributed by atoms with Crippen LogP contribution in [0.5, 0.6) is 0 Å². The van der Waals surface area contributed by atoms with Crippen molar-refractivity contribution in [2.45, 2.75) is 26.8 Å². The highest BCUT2D eigenvalue weighted by atomic mass is 35.5. The van der Waals surface area contributed by atoms with E-state index in [9.17, 15) is 0 Å². The summed E-state index contributed by atoms with van der Waals surface area (Å²) >= 11 is 6.25. The van der Waals surface area contributed by atoms with E-state index in [2.05, 4.69) is 39.8 Å². The Hall–Kier alpha value is -2.79. The molecule has 0 fully saturated rings. The van der Waals surface area contributed by atoms with Crippen molar-refractivity contribution in [3.8, 4) is 0 Å². The molecule has 0 amide bonds. The minimum absolute atomic E-state index is 0.652. The second-order valence-electron chi connectivity index (χ2n) is 6.56. The normalized spacial score (nSPS) is 11.2. The minimum atomic E-state index is 0.652. The number of hydrogen-bond acceptors (Lipinski definition) is 4. The predicted octanol–water partition coefficient (Wildman–Crippen LogP) is 5.00. The maximum Gasteiger partial charge on any atom is 0.146 e. The number of aryl methyl sites for hydroxylation is 1. The van der Waals surface area contributed by atoms with Crippen LogP contribution in [0.4, 0.5) is 5.82 Å². The van der Waals surface area contributed by atoms with E-state index in [4.69, 9.17) is 16.0 Å². The van der Waals surface area contributed by atoms with Crippen molar-refractivity contribution in [3.63, 3.8) is 0 Å². The molecule has 3 heterocycles. The lowest BCUT2D eigenvalue weighted by atomic mass is 10.1. The van der Waals surface area contributed by atoms with E-state index in [1.54, 1.807) is 12.6 Å². The van der Waals surface area contributed by atoms with Gasteiger partial charge in [0.25, 0.3) is 0 Å². The molecule has 0 bridgehead atoms. The van der Waals surface area contributed by atoms with Crippen LogP contribution in [0.15, 0.2) is 53.4 Å². The first-order valence-corrected chi connectivity index (χ1v) is 9.33. The van der Waals surface area contributed by atoms with Crippen LogP contribution in [0, 0.1) is 13.8 Å².